The van der Waals surface area contributed by atoms with Crippen molar-refractivity contribution in [2.45, 2.75) is 32.7 Å². The number of nitrogens with one attached hydrogen (secondary N) is 1. The highest BCUT2D eigenvalue weighted by molar-refractivity contribution is 7.89. The van der Waals surface area contributed by atoms with Crippen molar-refractivity contribution in [3.05, 3.63) is 0 Å². The van der Waals surface area contributed by atoms with Crippen molar-refractivity contribution in [2.75, 3.05) is 32.0 Å². The molecule has 0 spiro atoms. The number of sulfonamides is 1. The van der Waals surface area contributed by atoms with Crippen LogP contribution in [0.2, 0.25) is 0 Å². The number of piperidine rings is 1. The summed E-state index contributed by atoms with van der Waals surface area (Å²) in [6.07, 6.45) is 1.54. The van der Waals surface area contributed by atoms with Gasteiger partial charge >= 0.3 is 0 Å². The van der Waals surface area contributed by atoms with Gasteiger partial charge < -0.3 is 10.4 Å². The Labute approximate surface area is 104 Å². The van der Waals surface area contributed by atoms with Crippen molar-refractivity contribution in [3.8, 4) is 0 Å². The van der Waals surface area contributed by atoms with Crippen LogP contribution in [0.25, 0.3) is 0 Å². The quantitative estimate of drug-likeness (QED) is 0.709. The van der Waals surface area contributed by atoms with Gasteiger partial charge in [0.15, 0.2) is 0 Å². The van der Waals surface area contributed by atoms with Crippen LogP contribution >= 0.6 is 0 Å². The lowest BCUT2D eigenvalue weighted by Crippen LogP contribution is -2.42. The second kappa shape index (κ2) is 6.68. The van der Waals surface area contributed by atoms with Crippen LogP contribution in [0.1, 0.15) is 26.7 Å². The molecule has 1 saturated heterocycles. The van der Waals surface area contributed by atoms with Crippen LogP contribution < -0.4 is 5.32 Å². The average molecular weight is 264 g/mol. The van der Waals surface area contributed by atoms with E-state index in [1.54, 1.807) is 4.31 Å². The number of aliphatic hydroxyl groups excluding tert-OH is 1. The molecule has 0 aromatic heterocycles. The number of rotatable bonds is 6. The molecule has 1 heterocycles. The van der Waals surface area contributed by atoms with Crippen molar-refractivity contribution in [1.29, 1.82) is 0 Å². The number of nitrogens with zero attached hydrogens (tertiary/aromatic N) is 1. The van der Waals surface area contributed by atoms with E-state index in [2.05, 4.69) is 5.32 Å². The smallest absolute Gasteiger partial charge is 0.215 e. The van der Waals surface area contributed by atoms with Crippen LogP contribution in [0.4, 0.5) is 0 Å². The maximum atomic E-state index is 12.0. The normalized spacial score (nSPS) is 20.0. The Morgan fingerprint density at radius 3 is 2.41 bits per heavy atom. The fourth-order valence-corrected chi connectivity index (χ4v) is 3.38. The fourth-order valence-electron chi connectivity index (χ4n) is 1.98. The van der Waals surface area contributed by atoms with Crippen LogP contribution in [-0.2, 0) is 10.0 Å². The lowest BCUT2D eigenvalue weighted by Gasteiger charge is -2.30. The van der Waals surface area contributed by atoms with E-state index in [0.717, 1.165) is 12.8 Å². The van der Waals surface area contributed by atoms with Crippen LogP contribution in [0, 0.1) is 5.92 Å². The van der Waals surface area contributed by atoms with E-state index in [9.17, 15) is 8.42 Å². The Bertz CT molecular complexity index is 309. The van der Waals surface area contributed by atoms with Gasteiger partial charge in [-0.3, -0.25) is 0 Å². The highest BCUT2D eigenvalue weighted by Gasteiger charge is 2.27. The van der Waals surface area contributed by atoms with Gasteiger partial charge in [-0.05, 0) is 18.8 Å². The summed E-state index contributed by atoms with van der Waals surface area (Å²) in [6.45, 7) is 5.77. The van der Waals surface area contributed by atoms with E-state index >= 15 is 0 Å². The monoisotopic (exact) mass is 264 g/mol. The second-order valence-electron chi connectivity index (χ2n) is 4.95. The topological polar surface area (TPSA) is 69.6 Å². The zero-order valence-corrected chi connectivity index (χ0v) is 11.5. The van der Waals surface area contributed by atoms with Gasteiger partial charge in [-0.25, -0.2) is 12.7 Å². The summed E-state index contributed by atoms with van der Waals surface area (Å²) < 4.78 is 25.5. The molecular formula is C11H24N2O3S. The van der Waals surface area contributed by atoms with Crippen LogP contribution in [0.15, 0.2) is 0 Å². The van der Waals surface area contributed by atoms with Gasteiger partial charge in [-0.15, -0.1) is 0 Å². The van der Waals surface area contributed by atoms with E-state index in [-0.39, 0.29) is 18.3 Å². The maximum absolute atomic E-state index is 12.0. The molecule has 102 valence electrons. The number of aliphatic hydroxyl groups is 1. The Kier molecular flexibility index (Phi) is 5.85. The highest BCUT2D eigenvalue weighted by Crippen LogP contribution is 2.18. The molecule has 0 unspecified atom stereocenters. The third-order valence-corrected chi connectivity index (χ3v) is 5.01. The van der Waals surface area contributed by atoms with Gasteiger partial charge in [-0.2, -0.15) is 0 Å². The molecule has 5 nitrogen and oxygen atoms in total. The Morgan fingerprint density at radius 1 is 1.35 bits per heavy atom. The predicted octanol–water partition coefficient (Wildman–Crippen LogP) is 0.0185. The van der Waals surface area contributed by atoms with Crippen molar-refractivity contribution in [1.82, 2.24) is 9.62 Å². The molecular weight excluding hydrogens is 240 g/mol. The minimum Gasteiger partial charge on any atom is -0.396 e. The molecule has 0 aromatic carbocycles. The molecule has 0 aromatic rings. The summed E-state index contributed by atoms with van der Waals surface area (Å²) in [6, 6.07) is 0.310. The zero-order valence-electron chi connectivity index (χ0n) is 10.7. The largest absolute Gasteiger partial charge is 0.396 e. The Balaban J connectivity index is 2.38. The minimum absolute atomic E-state index is 0.162. The molecule has 0 radical (unpaired) electrons. The molecule has 1 rings (SSSR count). The molecule has 0 atom stereocenters. The molecule has 0 aliphatic carbocycles. The summed E-state index contributed by atoms with van der Waals surface area (Å²) >= 11 is 0. The first-order valence-corrected chi connectivity index (χ1v) is 7.88. The summed E-state index contributed by atoms with van der Waals surface area (Å²) in [7, 11) is -3.12. The Hall–Kier alpha value is -0.170. The highest BCUT2D eigenvalue weighted by atomic mass is 32.2. The Morgan fingerprint density at radius 2 is 1.94 bits per heavy atom. The average Bonchev–Trinajstić information content (AvgIpc) is 2.28. The summed E-state index contributed by atoms with van der Waals surface area (Å²) in [4.78, 5) is 0. The summed E-state index contributed by atoms with van der Waals surface area (Å²) in [5.41, 5.74) is 0. The molecule has 0 saturated carbocycles. The van der Waals surface area contributed by atoms with Crippen molar-refractivity contribution < 1.29 is 13.5 Å². The molecule has 1 aliphatic rings. The zero-order chi connectivity index (χ0) is 12.9. The predicted molar refractivity (Wildman–Crippen MR) is 68.3 cm³/mol. The van der Waals surface area contributed by atoms with Gasteiger partial charge in [0.25, 0.3) is 0 Å². The molecule has 0 bridgehead atoms. The van der Waals surface area contributed by atoms with Crippen LogP contribution in [0.5, 0.6) is 0 Å². The van der Waals surface area contributed by atoms with Crippen molar-refractivity contribution in [3.63, 3.8) is 0 Å². The SMILES string of the molecule is CC(C)NCCS(=O)(=O)N1CCC(CO)CC1. The third-order valence-electron chi connectivity index (χ3n) is 3.14. The van der Waals surface area contributed by atoms with Gasteiger partial charge in [0, 0.05) is 32.3 Å². The molecule has 17 heavy (non-hydrogen) atoms. The van der Waals surface area contributed by atoms with E-state index in [4.69, 9.17) is 5.11 Å². The molecule has 0 amide bonds. The first-order valence-electron chi connectivity index (χ1n) is 6.27. The first-order chi connectivity index (χ1) is 7.95. The standard InChI is InChI=1S/C11H24N2O3S/c1-10(2)12-5-8-17(15,16)13-6-3-11(9-14)4-7-13/h10-12,14H,3-9H2,1-2H3. The van der Waals surface area contributed by atoms with Gasteiger partial charge in [0.05, 0.1) is 5.75 Å². The lowest BCUT2D eigenvalue weighted by molar-refractivity contribution is 0.170. The summed E-state index contributed by atoms with van der Waals surface area (Å²) in [5.74, 6) is 0.435. The number of hydrogen-bond donors (Lipinski definition) is 2. The van der Waals surface area contributed by atoms with E-state index in [1.165, 1.54) is 0 Å². The molecule has 2 N–H and O–H groups in total. The molecule has 1 aliphatic heterocycles. The van der Waals surface area contributed by atoms with E-state index in [1.807, 2.05) is 13.8 Å². The maximum Gasteiger partial charge on any atom is 0.215 e. The summed E-state index contributed by atoms with van der Waals surface area (Å²) in [5, 5.41) is 12.1. The minimum atomic E-state index is -3.12. The van der Waals surface area contributed by atoms with Crippen molar-refractivity contribution >= 4 is 10.0 Å². The van der Waals surface area contributed by atoms with Crippen molar-refractivity contribution in [2.24, 2.45) is 5.92 Å². The number of hydrogen-bond acceptors (Lipinski definition) is 4. The fraction of sp³-hybridized carbons (Fsp3) is 1.00. The van der Waals surface area contributed by atoms with E-state index in [0.29, 0.717) is 25.7 Å². The van der Waals surface area contributed by atoms with Gasteiger partial charge in [-0.1, -0.05) is 13.8 Å². The second-order valence-corrected chi connectivity index (χ2v) is 7.04. The van der Waals surface area contributed by atoms with Crippen LogP contribution in [0.3, 0.4) is 0 Å². The first kappa shape index (κ1) is 14.9. The van der Waals surface area contributed by atoms with Gasteiger partial charge in [0.2, 0.25) is 10.0 Å². The van der Waals surface area contributed by atoms with Crippen LogP contribution in [-0.4, -0.2) is 55.9 Å². The lowest BCUT2D eigenvalue weighted by atomic mass is 10.00. The van der Waals surface area contributed by atoms with E-state index < -0.39 is 10.0 Å². The third kappa shape index (κ3) is 4.91. The molecule has 6 heteroatoms. The van der Waals surface area contributed by atoms with Gasteiger partial charge in [0.1, 0.15) is 0 Å². The molecule has 1 fully saturated rings.